The molecule has 2 aromatic heterocycles. The van der Waals surface area contributed by atoms with E-state index in [1.54, 1.807) is 12.4 Å². The van der Waals surface area contributed by atoms with Crippen molar-refractivity contribution in [3.05, 3.63) is 35.2 Å². The van der Waals surface area contributed by atoms with Crippen LogP contribution in [0.15, 0.2) is 24.5 Å². The van der Waals surface area contributed by atoms with Gasteiger partial charge >= 0.3 is 0 Å². The molecule has 3 rings (SSSR count). The Morgan fingerprint density at radius 2 is 1.60 bits per heavy atom. The van der Waals surface area contributed by atoms with Gasteiger partial charge in [0.1, 0.15) is 0 Å². The zero-order valence-corrected chi connectivity index (χ0v) is 12.0. The first-order chi connectivity index (χ1) is 9.72. The highest BCUT2D eigenvalue weighted by molar-refractivity contribution is 6.30. The molecule has 6 nitrogen and oxygen atoms in total. The molecule has 0 N–H and O–H groups in total. The van der Waals surface area contributed by atoms with E-state index in [2.05, 4.69) is 30.0 Å². The van der Waals surface area contributed by atoms with E-state index < -0.39 is 0 Å². The zero-order chi connectivity index (χ0) is 13.9. The molecule has 0 unspecified atom stereocenters. The standard InChI is InChI=1S/C13H15ClN6/c1-10-2-3-12(18-17-10)19-4-6-20(7-5-19)13-15-8-11(14)9-16-13/h2-3,8-9H,4-7H2,1H3. The molecule has 7 heteroatoms. The number of nitrogens with zero attached hydrogens (tertiary/aromatic N) is 6. The van der Waals surface area contributed by atoms with E-state index >= 15 is 0 Å². The van der Waals surface area contributed by atoms with Crippen molar-refractivity contribution < 1.29 is 0 Å². The Kier molecular flexibility index (Phi) is 3.64. The third kappa shape index (κ3) is 2.80. The van der Waals surface area contributed by atoms with Gasteiger partial charge in [0.25, 0.3) is 0 Å². The Morgan fingerprint density at radius 1 is 0.950 bits per heavy atom. The molecule has 0 aromatic carbocycles. The Morgan fingerprint density at radius 3 is 2.20 bits per heavy atom. The highest BCUT2D eigenvalue weighted by atomic mass is 35.5. The molecule has 1 fully saturated rings. The normalized spacial score (nSPS) is 15.5. The molecule has 0 saturated carbocycles. The van der Waals surface area contributed by atoms with Crippen LogP contribution in [0.2, 0.25) is 5.02 Å². The Labute approximate surface area is 122 Å². The fourth-order valence-electron chi connectivity index (χ4n) is 2.16. The minimum absolute atomic E-state index is 0.558. The summed E-state index contributed by atoms with van der Waals surface area (Å²) in [6, 6.07) is 3.99. The lowest BCUT2D eigenvalue weighted by molar-refractivity contribution is 0.631. The van der Waals surface area contributed by atoms with Gasteiger partial charge in [-0.25, -0.2) is 9.97 Å². The molecular formula is C13H15ClN6. The fraction of sp³-hybridized carbons (Fsp3) is 0.385. The van der Waals surface area contributed by atoms with Crippen molar-refractivity contribution in [1.82, 2.24) is 20.2 Å². The lowest BCUT2D eigenvalue weighted by atomic mass is 10.3. The minimum Gasteiger partial charge on any atom is -0.352 e. The third-order valence-electron chi connectivity index (χ3n) is 3.28. The van der Waals surface area contributed by atoms with Gasteiger partial charge in [-0.3, -0.25) is 0 Å². The molecule has 1 saturated heterocycles. The van der Waals surface area contributed by atoms with Crippen molar-refractivity contribution in [2.24, 2.45) is 0 Å². The maximum atomic E-state index is 5.80. The smallest absolute Gasteiger partial charge is 0.225 e. The molecule has 0 amide bonds. The molecule has 104 valence electrons. The molecule has 3 heterocycles. The van der Waals surface area contributed by atoms with Gasteiger partial charge in [0.15, 0.2) is 5.82 Å². The molecule has 0 bridgehead atoms. The maximum Gasteiger partial charge on any atom is 0.225 e. The number of rotatable bonds is 2. The van der Waals surface area contributed by atoms with Crippen LogP contribution in [0.1, 0.15) is 5.69 Å². The summed E-state index contributed by atoms with van der Waals surface area (Å²) in [6.45, 7) is 5.41. The predicted molar refractivity (Wildman–Crippen MR) is 78.2 cm³/mol. The van der Waals surface area contributed by atoms with Crippen LogP contribution < -0.4 is 9.80 Å². The van der Waals surface area contributed by atoms with E-state index in [9.17, 15) is 0 Å². The van der Waals surface area contributed by atoms with Crippen molar-refractivity contribution in [3.8, 4) is 0 Å². The van der Waals surface area contributed by atoms with Crippen molar-refractivity contribution in [1.29, 1.82) is 0 Å². The third-order valence-corrected chi connectivity index (χ3v) is 3.47. The number of hydrogen-bond donors (Lipinski definition) is 0. The lowest BCUT2D eigenvalue weighted by Crippen LogP contribution is -2.47. The van der Waals surface area contributed by atoms with Gasteiger partial charge in [0, 0.05) is 26.2 Å². The number of aryl methyl sites for hydroxylation is 1. The van der Waals surface area contributed by atoms with Crippen molar-refractivity contribution in [2.45, 2.75) is 6.92 Å². The molecule has 1 aliphatic heterocycles. The summed E-state index contributed by atoms with van der Waals surface area (Å²) in [5, 5.41) is 8.87. The van der Waals surface area contributed by atoms with Crippen molar-refractivity contribution >= 4 is 23.4 Å². The first-order valence-electron chi connectivity index (χ1n) is 6.50. The molecule has 1 aliphatic rings. The number of piperazine rings is 1. The average molecular weight is 291 g/mol. The van der Waals surface area contributed by atoms with Crippen LogP contribution in [0.5, 0.6) is 0 Å². The van der Waals surface area contributed by atoms with E-state index in [1.807, 2.05) is 19.1 Å². The zero-order valence-electron chi connectivity index (χ0n) is 11.2. The topological polar surface area (TPSA) is 58.0 Å². The highest BCUT2D eigenvalue weighted by Crippen LogP contribution is 2.16. The van der Waals surface area contributed by atoms with E-state index in [0.29, 0.717) is 5.02 Å². The van der Waals surface area contributed by atoms with Crippen LogP contribution in [0.25, 0.3) is 0 Å². The van der Waals surface area contributed by atoms with Crippen molar-refractivity contribution in [2.75, 3.05) is 36.0 Å². The quantitative estimate of drug-likeness (QED) is 0.836. The van der Waals surface area contributed by atoms with E-state index in [1.165, 1.54) is 0 Å². The Hall–Kier alpha value is -1.95. The Balaban J connectivity index is 1.64. The lowest BCUT2D eigenvalue weighted by Gasteiger charge is -2.35. The summed E-state index contributed by atoms with van der Waals surface area (Å²) < 4.78 is 0. The molecule has 0 spiro atoms. The molecule has 0 radical (unpaired) electrons. The Bertz CT molecular complexity index is 509. The van der Waals surface area contributed by atoms with Gasteiger partial charge in [-0.15, -0.1) is 5.10 Å². The summed E-state index contributed by atoms with van der Waals surface area (Å²) in [5.74, 6) is 1.65. The van der Waals surface area contributed by atoms with Crippen molar-refractivity contribution in [3.63, 3.8) is 0 Å². The molecule has 20 heavy (non-hydrogen) atoms. The van der Waals surface area contributed by atoms with E-state index in [-0.39, 0.29) is 0 Å². The van der Waals surface area contributed by atoms with Gasteiger partial charge in [-0.1, -0.05) is 11.6 Å². The molecule has 2 aromatic rings. The van der Waals surface area contributed by atoms with Crippen LogP contribution in [-0.2, 0) is 0 Å². The van der Waals surface area contributed by atoms with Crippen LogP contribution in [-0.4, -0.2) is 46.3 Å². The molecule has 0 atom stereocenters. The minimum atomic E-state index is 0.558. The molecule has 0 aliphatic carbocycles. The summed E-state index contributed by atoms with van der Waals surface area (Å²) in [7, 11) is 0. The summed E-state index contributed by atoms with van der Waals surface area (Å²) in [5.41, 5.74) is 0.932. The van der Waals surface area contributed by atoms with Crippen LogP contribution in [0, 0.1) is 6.92 Å². The SMILES string of the molecule is Cc1ccc(N2CCN(c3ncc(Cl)cn3)CC2)nn1. The van der Waals surface area contributed by atoms with Gasteiger partial charge in [0.2, 0.25) is 5.95 Å². The van der Waals surface area contributed by atoms with Gasteiger partial charge in [-0.2, -0.15) is 5.10 Å². The summed E-state index contributed by atoms with van der Waals surface area (Å²) in [6.07, 6.45) is 3.25. The summed E-state index contributed by atoms with van der Waals surface area (Å²) in [4.78, 5) is 12.9. The van der Waals surface area contributed by atoms with E-state index in [4.69, 9.17) is 11.6 Å². The first kappa shape index (κ1) is 13.1. The number of anilines is 2. The first-order valence-corrected chi connectivity index (χ1v) is 6.88. The predicted octanol–water partition coefficient (Wildman–Crippen LogP) is 1.56. The van der Waals surface area contributed by atoms with Gasteiger partial charge in [-0.05, 0) is 19.1 Å². The fourth-order valence-corrected chi connectivity index (χ4v) is 2.26. The van der Waals surface area contributed by atoms with E-state index in [0.717, 1.165) is 43.6 Å². The second-order valence-electron chi connectivity index (χ2n) is 4.71. The van der Waals surface area contributed by atoms with Crippen LogP contribution in [0.3, 0.4) is 0 Å². The number of aromatic nitrogens is 4. The summed E-state index contributed by atoms with van der Waals surface area (Å²) >= 11 is 5.80. The van der Waals surface area contributed by atoms with Gasteiger partial charge in [0.05, 0.1) is 23.1 Å². The maximum absolute atomic E-state index is 5.80. The van der Waals surface area contributed by atoms with Crippen LogP contribution >= 0.6 is 11.6 Å². The number of hydrogen-bond acceptors (Lipinski definition) is 6. The second-order valence-corrected chi connectivity index (χ2v) is 5.14. The van der Waals surface area contributed by atoms with Crippen LogP contribution in [0.4, 0.5) is 11.8 Å². The molecular weight excluding hydrogens is 276 g/mol. The monoisotopic (exact) mass is 290 g/mol. The average Bonchev–Trinajstić information content (AvgIpc) is 2.49. The van der Waals surface area contributed by atoms with Gasteiger partial charge < -0.3 is 9.80 Å². The highest BCUT2D eigenvalue weighted by Gasteiger charge is 2.19. The second kappa shape index (κ2) is 5.58. The number of halogens is 1. The largest absolute Gasteiger partial charge is 0.352 e.